The quantitative estimate of drug-likeness (QED) is 0.758. The zero-order valence-electron chi connectivity index (χ0n) is 13.3. The van der Waals surface area contributed by atoms with Crippen LogP contribution in [0, 0.1) is 0 Å². The fraction of sp³-hybridized carbons (Fsp3) is 0.375. The highest BCUT2D eigenvalue weighted by atomic mass is 35.5. The molecule has 0 bridgehead atoms. The minimum atomic E-state index is -3.34. The number of carbonyl (C=O) groups excluding carboxylic acids is 1. The van der Waals surface area contributed by atoms with Crippen LogP contribution >= 0.6 is 11.6 Å². The minimum absolute atomic E-state index is 0.141. The number of sulfone groups is 1. The Balaban J connectivity index is 2.09. The van der Waals surface area contributed by atoms with Crippen LogP contribution in [-0.2, 0) is 14.6 Å². The molecule has 128 valence electrons. The van der Waals surface area contributed by atoms with Crippen LogP contribution in [0.25, 0.3) is 5.69 Å². The molecule has 8 heteroatoms. The van der Waals surface area contributed by atoms with Crippen LogP contribution in [-0.4, -0.2) is 37.0 Å². The Labute approximate surface area is 145 Å². The van der Waals surface area contributed by atoms with E-state index in [1.165, 1.54) is 18.3 Å². The Morgan fingerprint density at radius 3 is 2.67 bits per heavy atom. The van der Waals surface area contributed by atoms with Gasteiger partial charge in [0, 0.05) is 12.2 Å². The molecule has 1 aliphatic rings. The second-order valence-corrected chi connectivity index (χ2v) is 8.16. The van der Waals surface area contributed by atoms with Crippen molar-refractivity contribution in [1.82, 2.24) is 9.78 Å². The van der Waals surface area contributed by atoms with E-state index >= 15 is 0 Å². The molecule has 1 fully saturated rings. The Hall–Kier alpha value is -1.86. The number of hydrogen-bond donors (Lipinski definition) is 0. The lowest BCUT2D eigenvalue weighted by molar-refractivity contribution is 0.0525. The van der Waals surface area contributed by atoms with Gasteiger partial charge < -0.3 is 4.74 Å². The number of halogens is 1. The second kappa shape index (κ2) is 6.22. The largest absolute Gasteiger partial charge is 0.462 e. The highest BCUT2D eigenvalue weighted by Gasteiger charge is 2.33. The average Bonchev–Trinajstić information content (AvgIpc) is 3.25. The van der Waals surface area contributed by atoms with Gasteiger partial charge in [-0.2, -0.15) is 5.10 Å². The molecule has 24 heavy (non-hydrogen) atoms. The van der Waals surface area contributed by atoms with Crippen LogP contribution in [0.2, 0.25) is 5.02 Å². The van der Waals surface area contributed by atoms with Gasteiger partial charge in [-0.05, 0) is 38.0 Å². The predicted octanol–water partition coefficient (Wildman–Crippen LogP) is 2.98. The molecule has 3 rings (SSSR count). The number of carbonyl (C=O) groups is 1. The van der Waals surface area contributed by atoms with Gasteiger partial charge in [-0.15, -0.1) is 0 Å². The van der Waals surface area contributed by atoms with Crippen molar-refractivity contribution in [2.24, 2.45) is 0 Å². The summed E-state index contributed by atoms with van der Waals surface area (Å²) in [6, 6.07) is 4.49. The van der Waals surface area contributed by atoms with Crippen LogP contribution in [0.5, 0.6) is 0 Å². The summed E-state index contributed by atoms with van der Waals surface area (Å²) in [6.45, 7) is 2.04. The molecular weight excluding hydrogens is 352 g/mol. The molecule has 1 aromatic heterocycles. The number of esters is 1. The molecule has 0 spiro atoms. The molecule has 0 saturated heterocycles. The maximum Gasteiger partial charge on any atom is 0.341 e. The van der Waals surface area contributed by atoms with Gasteiger partial charge in [-0.3, -0.25) is 0 Å². The molecule has 0 N–H and O–H groups in total. The van der Waals surface area contributed by atoms with Crippen molar-refractivity contribution in [3.63, 3.8) is 0 Å². The number of hydrogen-bond acceptors (Lipinski definition) is 5. The zero-order valence-corrected chi connectivity index (χ0v) is 14.9. The van der Waals surface area contributed by atoms with Crippen LogP contribution in [0.3, 0.4) is 0 Å². The van der Waals surface area contributed by atoms with E-state index in [1.807, 2.05) is 0 Å². The van der Waals surface area contributed by atoms with Crippen molar-refractivity contribution in [3.05, 3.63) is 40.7 Å². The summed E-state index contributed by atoms with van der Waals surface area (Å²) in [5.74, 6) is -0.174. The summed E-state index contributed by atoms with van der Waals surface area (Å²) in [5, 5.41) is 4.55. The topological polar surface area (TPSA) is 78.3 Å². The average molecular weight is 369 g/mol. The van der Waals surface area contributed by atoms with Crippen LogP contribution in [0.15, 0.2) is 29.3 Å². The second-order valence-electron chi connectivity index (χ2n) is 5.74. The third kappa shape index (κ3) is 3.18. The lowest BCUT2D eigenvalue weighted by atomic mass is 10.1. The maximum atomic E-state index is 12.1. The van der Waals surface area contributed by atoms with E-state index in [9.17, 15) is 13.2 Å². The normalized spacial score (nSPS) is 14.6. The summed E-state index contributed by atoms with van der Waals surface area (Å²) in [6.07, 6.45) is 4.54. The first-order valence-electron chi connectivity index (χ1n) is 7.58. The summed E-state index contributed by atoms with van der Waals surface area (Å²) in [5.41, 5.74) is 1.74. The lowest BCUT2D eigenvalue weighted by Gasteiger charge is -2.11. The van der Waals surface area contributed by atoms with Crippen molar-refractivity contribution in [2.45, 2.75) is 30.6 Å². The third-order valence-corrected chi connectivity index (χ3v) is 5.25. The van der Waals surface area contributed by atoms with Gasteiger partial charge >= 0.3 is 5.97 Å². The van der Waals surface area contributed by atoms with E-state index in [2.05, 4.69) is 5.10 Å². The van der Waals surface area contributed by atoms with Gasteiger partial charge in [0.1, 0.15) is 5.56 Å². The molecule has 1 saturated carbocycles. The summed E-state index contributed by atoms with van der Waals surface area (Å²) in [7, 11) is -3.34. The Morgan fingerprint density at radius 2 is 2.12 bits per heavy atom. The first kappa shape index (κ1) is 17.0. The number of rotatable bonds is 5. The van der Waals surface area contributed by atoms with Crippen molar-refractivity contribution in [1.29, 1.82) is 0 Å². The summed E-state index contributed by atoms with van der Waals surface area (Å²) < 4.78 is 30.0. The number of ether oxygens (including phenoxy) is 1. The van der Waals surface area contributed by atoms with E-state index in [1.54, 1.807) is 17.7 Å². The minimum Gasteiger partial charge on any atom is -0.462 e. The fourth-order valence-electron chi connectivity index (χ4n) is 2.56. The van der Waals surface area contributed by atoms with Gasteiger partial charge in [-0.25, -0.2) is 17.9 Å². The molecule has 0 radical (unpaired) electrons. The first-order valence-corrected chi connectivity index (χ1v) is 9.85. The van der Waals surface area contributed by atoms with E-state index in [4.69, 9.17) is 16.3 Å². The van der Waals surface area contributed by atoms with Crippen molar-refractivity contribution >= 4 is 27.4 Å². The maximum absolute atomic E-state index is 12.1. The van der Waals surface area contributed by atoms with Crippen LogP contribution in [0.1, 0.15) is 41.7 Å². The Kier molecular flexibility index (Phi) is 4.40. The van der Waals surface area contributed by atoms with Gasteiger partial charge in [-0.1, -0.05) is 11.6 Å². The van der Waals surface area contributed by atoms with Gasteiger partial charge in [0.15, 0.2) is 9.84 Å². The number of nitrogens with zero attached hydrogens (tertiary/aromatic N) is 2. The molecule has 0 aliphatic heterocycles. The number of aromatic nitrogens is 2. The summed E-state index contributed by atoms with van der Waals surface area (Å²) >= 11 is 6.28. The molecule has 0 unspecified atom stereocenters. The van der Waals surface area contributed by atoms with E-state index in [0.717, 1.165) is 24.8 Å². The number of benzene rings is 1. The highest BCUT2D eigenvalue weighted by Crippen LogP contribution is 2.43. The van der Waals surface area contributed by atoms with E-state index in [-0.39, 0.29) is 22.4 Å². The molecule has 0 amide bonds. The Bertz CT molecular complexity index is 901. The first-order chi connectivity index (χ1) is 11.3. The monoisotopic (exact) mass is 368 g/mol. The highest BCUT2D eigenvalue weighted by molar-refractivity contribution is 7.90. The van der Waals surface area contributed by atoms with Crippen LogP contribution < -0.4 is 0 Å². The van der Waals surface area contributed by atoms with Gasteiger partial charge in [0.25, 0.3) is 0 Å². The lowest BCUT2D eigenvalue weighted by Crippen LogP contribution is -2.09. The van der Waals surface area contributed by atoms with E-state index < -0.39 is 15.8 Å². The fourth-order valence-corrected chi connectivity index (χ4v) is 3.53. The van der Waals surface area contributed by atoms with Crippen molar-refractivity contribution in [2.75, 3.05) is 12.9 Å². The molecule has 0 atom stereocenters. The zero-order chi connectivity index (χ0) is 17.5. The van der Waals surface area contributed by atoms with Gasteiger partial charge in [0.2, 0.25) is 0 Å². The van der Waals surface area contributed by atoms with Crippen molar-refractivity contribution in [3.8, 4) is 5.69 Å². The molecule has 2 aromatic rings. The van der Waals surface area contributed by atoms with E-state index in [0.29, 0.717) is 11.3 Å². The molecule has 1 aromatic carbocycles. The smallest absolute Gasteiger partial charge is 0.341 e. The third-order valence-electron chi connectivity index (χ3n) is 3.84. The standard InChI is InChI=1S/C16H17ClN2O4S/c1-3-23-16(20)12-9-18-19(15(12)10-4-5-10)14-7-6-11(8-13(14)17)24(2,21)22/h6-10H,3-5H2,1-2H3. The molecule has 1 heterocycles. The SMILES string of the molecule is CCOC(=O)c1cnn(-c2ccc(S(C)(=O)=O)cc2Cl)c1C1CC1. The van der Waals surface area contributed by atoms with Crippen molar-refractivity contribution < 1.29 is 17.9 Å². The predicted molar refractivity (Wildman–Crippen MR) is 89.6 cm³/mol. The Morgan fingerprint density at radius 1 is 1.42 bits per heavy atom. The summed E-state index contributed by atoms with van der Waals surface area (Å²) in [4.78, 5) is 12.3. The van der Waals surface area contributed by atoms with Crippen LogP contribution in [0.4, 0.5) is 0 Å². The van der Waals surface area contributed by atoms with Gasteiger partial charge in [0.05, 0.1) is 34.1 Å². The molecule has 1 aliphatic carbocycles. The molecule has 6 nitrogen and oxygen atoms in total. The molecular formula is C16H17ClN2O4S.